The molecule has 0 radical (unpaired) electrons. The molecular formula is C16H21ClN2O4S. The molecule has 2 heterocycles. The van der Waals surface area contributed by atoms with Gasteiger partial charge in [-0.15, -0.1) is 0 Å². The summed E-state index contributed by atoms with van der Waals surface area (Å²) in [4.78, 5) is 14.1. The van der Waals surface area contributed by atoms with Gasteiger partial charge in [0, 0.05) is 32.8 Å². The lowest BCUT2D eigenvalue weighted by Gasteiger charge is -2.35. The van der Waals surface area contributed by atoms with Crippen LogP contribution in [0.15, 0.2) is 23.1 Å². The van der Waals surface area contributed by atoms with Crippen LogP contribution in [0.3, 0.4) is 0 Å². The number of ether oxygens (including phenoxy) is 1. The lowest BCUT2D eigenvalue weighted by molar-refractivity contribution is -0.142. The number of benzene rings is 1. The summed E-state index contributed by atoms with van der Waals surface area (Å²) in [6.07, 6.45) is 1.28. The molecule has 1 atom stereocenters. The Morgan fingerprint density at radius 2 is 1.96 bits per heavy atom. The normalized spacial score (nSPS) is 22.8. The van der Waals surface area contributed by atoms with Crippen molar-refractivity contribution in [3.63, 3.8) is 0 Å². The van der Waals surface area contributed by atoms with Crippen LogP contribution in [0.25, 0.3) is 0 Å². The highest BCUT2D eigenvalue weighted by Gasteiger charge is 2.34. The molecule has 1 amide bonds. The van der Waals surface area contributed by atoms with Crippen LogP contribution in [-0.2, 0) is 19.6 Å². The highest BCUT2D eigenvalue weighted by Crippen LogP contribution is 2.26. The number of sulfonamides is 1. The fourth-order valence-electron chi connectivity index (χ4n) is 3.08. The van der Waals surface area contributed by atoms with Crippen molar-refractivity contribution >= 4 is 27.5 Å². The molecule has 0 N–H and O–H groups in total. The molecule has 0 saturated carbocycles. The topological polar surface area (TPSA) is 66.9 Å². The Balaban J connectivity index is 1.68. The fourth-order valence-corrected chi connectivity index (χ4v) is 5.07. The lowest BCUT2D eigenvalue weighted by Crippen LogP contribution is -2.52. The van der Waals surface area contributed by atoms with Gasteiger partial charge in [-0.2, -0.15) is 4.31 Å². The van der Waals surface area contributed by atoms with Gasteiger partial charge in [0.1, 0.15) is 11.0 Å². The second kappa shape index (κ2) is 7.00. The molecule has 1 aromatic carbocycles. The van der Waals surface area contributed by atoms with E-state index in [1.54, 1.807) is 17.0 Å². The first-order chi connectivity index (χ1) is 11.4. The van der Waals surface area contributed by atoms with Crippen molar-refractivity contribution in [1.29, 1.82) is 0 Å². The van der Waals surface area contributed by atoms with Gasteiger partial charge in [-0.3, -0.25) is 4.79 Å². The van der Waals surface area contributed by atoms with Crippen LogP contribution in [0.4, 0.5) is 0 Å². The van der Waals surface area contributed by atoms with Gasteiger partial charge in [-0.25, -0.2) is 8.42 Å². The Bertz CT molecular complexity index is 724. The molecule has 8 heteroatoms. The molecule has 0 bridgehead atoms. The third-order valence-corrected chi connectivity index (χ3v) is 6.84. The zero-order valence-electron chi connectivity index (χ0n) is 13.6. The van der Waals surface area contributed by atoms with Gasteiger partial charge in [0.05, 0.1) is 5.02 Å². The monoisotopic (exact) mass is 372 g/mol. The van der Waals surface area contributed by atoms with Gasteiger partial charge in [-0.05, 0) is 37.5 Å². The van der Waals surface area contributed by atoms with Crippen molar-refractivity contribution in [2.24, 2.45) is 0 Å². The number of hydrogen-bond donors (Lipinski definition) is 0. The predicted molar refractivity (Wildman–Crippen MR) is 90.5 cm³/mol. The Labute approximate surface area is 147 Å². The Kier molecular flexibility index (Phi) is 5.15. The number of rotatable bonds is 3. The second-order valence-electron chi connectivity index (χ2n) is 6.16. The second-order valence-corrected chi connectivity index (χ2v) is 8.48. The fraction of sp³-hybridized carbons (Fsp3) is 0.562. The molecule has 2 aliphatic heterocycles. The van der Waals surface area contributed by atoms with Crippen molar-refractivity contribution in [2.75, 3.05) is 32.8 Å². The van der Waals surface area contributed by atoms with Gasteiger partial charge < -0.3 is 9.64 Å². The number of hydrogen-bond acceptors (Lipinski definition) is 4. The molecule has 132 valence electrons. The predicted octanol–water partition coefficient (Wildman–Crippen LogP) is 1.66. The molecule has 2 fully saturated rings. The minimum atomic E-state index is -3.65. The van der Waals surface area contributed by atoms with Crippen molar-refractivity contribution < 1.29 is 17.9 Å². The van der Waals surface area contributed by atoms with E-state index in [0.717, 1.165) is 18.4 Å². The minimum Gasteiger partial charge on any atom is -0.368 e. The first kappa shape index (κ1) is 17.7. The first-order valence-electron chi connectivity index (χ1n) is 8.06. The molecular weight excluding hydrogens is 352 g/mol. The number of amides is 1. The summed E-state index contributed by atoms with van der Waals surface area (Å²) in [7, 11) is -3.65. The summed E-state index contributed by atoms with van der Waals surface area (Å²) in [5, 5.41) is 0.230. The minimum absolute atomic E-state index is 0.0297. The molecule has 0 unspecified atom stereocenters. The van der Waals surface area contributed by atoms with Crippen LogP contribution in [0.5, 0.6) is 0 Å². The third kappa shape index (κ3) is 3.44. The summed E-state index contributed by atoms with van der Waals surface area (Å²) in [6, 6.07) is 4.92. The molecule has 1 aromatic rings. The van der Waals surface area contributed by atoms with Crippen LogP contribution in [-0.4, -0.2) is 62.4 Å². The van der Waals surface area contributed by atoms with Gasteiger partial charge in [-0.1, -0.05) is 17.7 Å². The number of carbonyl (C=O) groups excluding carboxylic acids is 1. The van der Waals surface area contributed by atoms with E-state index in [-0.39, 0.29) is 35.0 Å². The Morgan fingerprint density at radius 1 is 1.25 bits per heavy atom. The van der Waals surface area contributed by atoms with Gasteiger partial charge in [0.25, 0.3) is 5.91 Å². The highest BCUT2D eigenvalue weighted by molar-refractivity contribution is 7.89. The van der Waals surface area contributed by atoms with E-state index in [1.165, 1.54) is 10.4 Å². The van der Waals surface area contributed by atoms with E-state index in [2.05, 4.69) is 0 Å². The molecule has 2 saturated heterocycles. The zero-order chi connectivity index (χ0) is 17.3. The molecule has 6 nitrogen and oxygen atoms in total. The Morgan fingerprint density at radius 3 is 2.54 bits per heavy atom. The van der Waals surface area contributed by atoms with Crippen molar-refractivity contribution in [1.82, 2.24) is 9.21 Å². The highest BCUT2D eigenvalue weighted by atomic mass is 35.5. The number of piperazine rings is 1. The van der Waals surface area contributed by atoms with E-state index in [4.69, 9.17) is 16.3 Å². The molecule has 0 aromatic heterocycles. The van der Waals surface area contributed by atoms with Gasteiger partial charge >= 0.3 is 0 Å². The van der Waals surface area contributed by atoms with Gasteiger partial charge in [0.15, 0.2) is 0 Å². The summed E-state index contributed by atoms with van der Waals surface area (Å²) < 4.78 is 32.3. The standard InChI is InChI=1S/C16H21ClN2O4S/c1-12-4-5-15(13(17)11-12)24(21,22)19-8-6-18(7-9-19)16(20)14-3-2-10-23-14/h4-5,11,14H,2-3,6-10H2,1H3/t14-/m1/s1. The van der Waals surface area contributed by atoms with Crippen molar-refractivity contribution in [3.8, 4) is 0 Å². The SMILES string of the molecule is Cc1ccc(S(=O)(=O)N2CCN(C(=O)[C@H]3CCCO3)CC2)c(Cl)c1. The van der Waals surface area contributed by atoms with E-state index < -0.39 is 10.0 Å². The molecule has 0 aliphatic carbocycles. The van der Waals surface area contributed by atoms with Crippen LogP contribution in [0, 0.1) is 6.92 Å². The summed E-state index contributed by atoms with van der Waals surface area (Å²) in [5.74, 6) is -0.0297. The molecule has 24 heavy (non-hydrogen) atoms. The van der Waals surface area contributed by atoms with Crippen LogP contribution < -0.4 is 0 Å². The smallest absolute Gasteiger partial charge is 0.251 e. The average Bonchev–Trinajstić information content (AvgIpc) is 3.08. The third-order valence-electron chi connectivity index (χ3n) is 4.46. The van der Waals surface area contributed by atoms with Gasteiger partial charge in [0.2, 0.25) is 10.0 Å². The van der Waals surface area contributed by atoms with E-state index in [0.29, 0.717) is 19.7 Å². The number of aryl methyl sites for hydroxylation is 1. The average molecular weight is 373 g/mol. The number of carbonyl (C=O) groups is 1. The van der Waals surface area contributed by atoms with E-state index in [1.807, 2.05) is 6.92 Å². The van der Waals surface area contributed by atoms with E-state index in [9.17, 15) is 13.2 Å². The molecule has 3 rings (SSSR count). The zero-order valence-corrected chi connectivity index (χ0v) is 15.1. The van der Waals surface area contributed by atoms with Crippen LogP contribution in [0.1, 0.15) is 18.4 Å². The largest absolute Gasteiger partial charge is 0.368 e. The summed E-state index contributed by atoms with van der Waals surface area (Å²) >= 11 is 6.11. The van der Waals surface area contributed by atoms with E-state index >= 15 is 0 Å². The number of halogens is 1. The maximum absolute atomic E-state index is 12.8. The molecule has 2 aliphatic rings. The number of nitrogens with zero attached hydrogens (tertiary/aromatic N) is 2. The maximum Gasteiger partial charge on any atom is 0.251 e. The summed E-state index contributed by atoms with van der Waals surface area (Å²) in [6.45, 7) is 3.77. The maximum atomic E-state index is 12.8. The lowest BCUT2D eigenvalue weighted by atomic mass is 10.2. The molecule has 0 spiro atoms. The Hall–Kier alpha value is -1.15. The summed E-state index contributed by atoms with van der Waals surface area (Å²) in [5.41, 5.74) is 0.908. The van der Waals surface area contributed by atoms with Crippen molar-refractivity contribution in [2.45, 2.75) is 30.8 Å². The van der Waals surface area contributed by atoms with Crippen LogP contribution in [0.2, 0.25) is 5.02 Å². The van der Waals surface area contributed by atoms with Crippen molar-refractivity contribution in [3.05, 3.63) is 28.8 Å². The first-order valence-corrected chi connectivity index (χ1v) is 9.88. The quantitative estimate of drug-likeness (QED) is 0.809. The van der Waals surface area contributed by atoms with Crippen LogP contribution >= 0.6 is 11.6 Å².